The Balaban J connectivity index is 1.67. The summed E-state index contributed by atoms with van der Waals surface area (Å²) >= 11 is 0. The molecule has 1 rings (SSSR count). The molecule has 19 heavy (non-hydrogen) atoms. The molecular formula is C15H31NO3. The zero-order chi connectivity index (χ0) is 13.6. The van der Waals surface area contributed by atoms with E-state index < -0.39 is 0 Å². The molecule has 0 heterocycles. The van der Waals surface area contributed by atoms with Gasteiger partial charge in [0.05, 0.1) is 33.0 Å². The van der Waals surface area contributed by atoms with Crippen LogP contribution in [0, 0.1) is 0 Å². The van der Waals surface area contributed by atoms with Crippen molar-refractivity contribution in [3.05, 3.63) is 0 Å². The second-order valence-electron chi connectivity index (χ2n) is 5.13. The number of ether oxygens (including phenoxy) is 3. The van der Waals surface area contributed by atoms with Crippen LogP contribution in [0.5, 0.6) is 0 Å². The SMILES string of the molecule is CCCCOCCOCCOCCNC1CCCC1. The van der Waals surface area contributed by atoms with Crippen molar-refractivity contribution in [3.8, 4) is 0 Å². The maximum Gasteiger partial charge on any atom is 0.0701 e. The van der Waals surface area contributed by atoms with Crippen molar-refractivity contribution >= 4 is 0 Å². The molecule has 0 aromatic heterocycles. The van der Waals surface area contributed by atoms with Crippen molar-refractivity contribution in [2.45, 2.75) is 51.5 Å². The van der Waals surface area contributed by atoms with Gasteiger partial charge in [0, 0.05) is 19.2 Å². The highest BCUT2D eigenvalue weighted by molar-refractivity contribution is 4.72. The molecular weight excluding hydrogens is 242 g/mol. The van der Waals surface area contributed by atoms with Gasteiger partial charge in [0.1, 0.15) is 0 Å². The fourth-order valence-electron chi connectivity index (χ4n) is 2.25. The topological polar surface area (TPSA) is 39.7 Å². The molecule has 1 N–H and O–H groups in total. The molecule has 0 atom stereocenters. The van der Waals surface area contributed by atoms with Crippen molar-refractivity contribution in [2.24, 2.45) is 0 Å². The van der Waals surface area contributed by atoms with E-state index in [9.17, 15) is 0 Å². The zero-order valence-electron chi connectivity index (χ0n) is 12.5. The average molecular weight is 273 g/mol. The quantitative estimate of drug-likeness (QED) is 0.523. The lowest BCUT2D eigenvalue weighted by Crippen LogP contribution is -2.29. The monoisotopic (exact) mass is 273 g/mol. The van der Waals surface area contributed by atoms with Crippen LogP contribution in [-0.4, -0.2) is 52.2 Å². The van der Waals surface area contributed by atoms with E-state index in [1.54, 1.807) is 0 Å². The highest BCUT2D eigenvalue weighted by Gasteiger charge is 2.12. The molecule has 1 aliphatic rings. The van der Waals surface area contributed by atoms with Gasteiger partial charge in [-0.15, -0.1) is 0 Å². The molecule has 1 fully saturated rings. The molecule has 0 saturated heterocycles. The maximum absolute atomic E-state index is 5.51. The van der Waals surface area contributed by atoms with Crippen LogP contribution in [0.3, 0.4) is 0 Å². The van der Waals surface area contributed by atoms with Crippen LogP contribution in [0.1, 0.15) is 45.4 Å². The number of hydrogen-bond donors (Lipinski definition) is 1. The van der Waals surface area contributed by atoms with Gasteiger partial charge < -0.3 is 19.5 Å². The van der Waals surface area contributed by atoms with E-state index in [1.165, 1.54) is 32.1 Å². The van der Waals surface area contributed by atoms with Crippen LogP contribution in [0.25, 0.3) is 0 Å². The largest absolute Gasteiger partial charge is 0.379 e. The molecule has 0 spiro atoms. The fourth-order valence-corrected chi connectivity index (χ4v) is 2.25. The average Bonchev–Trinajstić information content (AvgIpc) is 2.93. The Morgan fingerprint density at radius 2 is 1.42 bits per heavy atom. The van der Waals surface area contributed by atoms with E-state index in [-0.39, 0.29) is 0 Å². The van der Waals surface area contributed by atoms with Crippen molar-refractivity contribution in [2.75, 3.05) is 46.2 Å². The maximum atomic E-state index is 5.51. The minimum absolute atomic E-state index is 0.667. The summed E-state index contributed by atoms with van der Waals surface area (Å²) in [6.07, 6.45) is 7.75. The van der Waals surface area contributed by atoms with Crippen molar-refractivity contribution in [1.29, 1.82) is 0 Å². The Morgan fingerprint density at radius 1 is 0.842 bits per heavy atom. The highest BCUT2D eigenvalue weighted by Crippen LogP contribution is 2.17. The summed E-state index contributed by atoms with van der Waals surface area (Å²) in [5.74, 6) is 0. The third-order valence-corrected chi connectivity index (χ3v) is 3.42. The predicted molar refractivity (Wildman–Crippen MR) is 77.6 cm³/mol. The van der Waals surface area contributed by atoms with Gasteiger partial charge in [-0.3, -0.25) is 0 Å². The van der Waals surface area contributed by atoms with Gasteiger partial charge in [0.25, 0.3) is 0 Å². The minimum Gasteiger partial charge on any atom is -0.379 e. The smallest absolute Gasteiger partial charge is 0.0701 e. The highest BCUT2D eigenvalue weighted by atomic mass is 16.5. The lowest BCUT2D eigenvalue weighted by molar-refractivity contribution is 0.0144. The normalized spacial score (nSPS) is 16.3. The lowest BCUT2D eigenvalue weighted by Gasteiger charge is -2.11. The Bertz CT molecular complexity index is 184. The molecule has 0 bridgehead atoms. The van der Waals surface area contributed by atoms with E-state index in [4.69, 9.17) is 14.2 Å². The summed E-state index contributed by atoms with van der Waals surface area (Å²) in [6.45, 7) is 7.48. The number of hydrogen-bond acceptors (Lipinski definition) is 4. The minimum atomic E-state index is 0.667. The third kappa shape index (κ3) is 10.3. The molecule has 0 radical (unpaired) electrons. The molecule has 4 nitrogen and oxygen atoms in total. The molecule has 0 unspecified atom stereocenters. The molecule has 0 amide bonds. The first-order chi connectivity index (χ1) is 9.43. The van der Waals surface area contributed by atoms with Gasteiger partial charge in [-0.1, -0.05) is 26.2 Å². The van der Waals surface area contributed by atoms with E-state index in [0.29, 0.717) is 26.4 Å². The van der Waals surface area contributed by atoms with Gasteiger partial charge in [0.15, 0.2) is 0 Å². The summed E-state index contributed by atoms with van der Waals surface area (Å²) < 4.78 is 16.3. The van der Waals surface area contributed by atoms with Gasteiger partial charge >= 0.3 is 0 Å². The van der Waals surface area contributed by atoms with Crippen LogP contribution < -0.4 is 5.32 Å². The van der Waals surface area contributed by atoms with E-state index in [1.807, 2.05) is 0 Å². The van der Waals surface area contributed by atoms with Crippen molar-refractivity contribution in [3.63, 3.8) is 0 Å². The molecule has 0 aliphatic heterocycles. The molecule has 0 aromatic rings. The Labute approximate surface area is 118 Å². The van der Waals surface area contributed by atoms with Crippen LogP contribution in [0.15, 0.2) is 0 Å². The molecule has 114 valence electrons. The zero-order valence-corrected chi connectivity index (χ0v) is 12.5. The van der Waals surface area contributed by atoms with Gasteiger partial charge in [-0.2, -0.15) is 0 Å². The summed E-state index contributed by atoms with van der Waals surface area (Å²) in [6, 6.07) is 0.736. The number of nitrogens with one attached hydrogen (secondary N) is 1. The predicted octanol–water partition coefficient (Wildman–Crippen LogP) is 2.37. The standard InChI is InChI=1S/C15H31NO3/c1-2-3-9-17-11-13-19-14-12-18-10-8-16-15-6-4-5-7-15/h15-16H,2-14H2,1H3. The van der Waals surface area contributed by atoms with Crippen LogP contribution in [-0.2, 0) is 14.2 Å². The van der Waals surface area contributed by atoms with Crippen LogP contribution in [0.4, 0.5) is 0 Å². The first kappa shape index (κ1) is 16.9. The summed E-state index contributed by atoms with van der Waals surface area (Å²) in [5.41, 5.74) is 0. The first-order valence-corrected chi connectivity index (χ1v) is 7.90. The van der Waals surface area contributed by atoms with E-state index >= 15 is 0 Å². The summed E-state index contributed by atoms with van der Waals surface area (Å²) in [5, 5.41) is 3.53. The third-order valence-electron chi connectivity index (χ3n) is 3.42. The Hall–Kier alpha value is -0.160. The number of unbranched alkanes of at least 4 members (excludes halogenated alkanes) is 1. The number of rotatable bonds is 13. The molecule has 4 heteroatoms. The van der Waals surface area contributed by atoms with Gasteiger partial charge in [-0.05, 0) is 19.3 Å². The van der Waals surface area contributed by atoms with E-state index in [0.717, 1.165) is 32.2 Å². The Morgan fingerprint density at radius 3 is 2.05 bits per heavy atom. The van der Waals surface area contributed by atoms with Crippen LogP contribution >= 0.6 is 0 Å². The van der Waals surface area contributed by atoms with Crippen LogP contribution in [0.2, 0.25) is 0 Å². The van der Waals surface area contributed by atoms with E-state index in [2.05, 4.69) is 12.2 Å². The molecule has 0 aromatic carbocycles. The van der Waals surface area contributed by atoms with Gasteiger partial charge in [0.2, 0.25) is 0 Å². The summed E-state index contributed by atoms with van der Waals surface area (Å²) in [4.78, 5) is 0. The van der Waals surface area contributed by atoms with Gasteiger partial charge in [-0.25, -0.2) is 0 Å². The first-order valence-electron chi connectivity index (χ1n) is 7.90. The fraction of sp³-hybridized carbons (Fsp3) is 1.00. The summed E-state index contributed by atoms with van der Waals surface area (Å²) in [7, 11) is 0. The van der Waals surface area contributed by atoms with Crippen molar-refractivity contribution in [1.82, 2.24) is 5.32 Å². The Kier molecular flexibility index (Phi) is 11.4. The second kappa shape index (κ2) is 12.9. The lowest BCUT2D eigenvalue weighted by atomic mass is 10.2. The molecule has 1 aliphatic carbocycles. The van der Waals surface area contributed by atoms with Crippen molar-refractivity contribution < 1.29 is 14.2 Å². The second-order valence-corrected chi connectivity index (χ2v) is 5.13. The molecule has 1 saturated carbocycles.